The molecule has 4 rings (SSSR count). The highest BCUT2D eigenvalue weighted by Crippen LogP contribution is 2.38. The normalized spacial score (nSPS) is 23.0. The van der Waals surface area contributed by atoms with Gasteiger partial charge in [-0.2, -0.15) is 4.31 Å². The molecule has 1 aromatic heterocycles. The number of hydrogen-bond acceptors (Lipinski definition) is 6. The Hall–Kier alpha value is -0.640. The summed E-state index contributed by atoms with van der Waals surface area (Å²) in [5.41, 5.74) is -0.397. The number of hydrogen-bond donors (Lipinski definition) is 1. The predicted octanol–water partition coefficient (Wildman–Crippen LogP) is 2.56. The Labute approximate surface area is 145 Å². The molecule has 0 amide bonds. The monoisotopic (exact) mass is 370 g/mol. The van der Waals surface area contributed by atoms with Crippen LogP contribution >= 0.6 is 24.2 Å². The average molecular weight is 371 g/mol. The molecule has 2 saturated heterocycles. The number of ether oxygens (including phenoxy) is 1. The molecule has 3 heterocycles. The topological polar surface area (TPSA) is 49.9 Å². The first-order valence-electron chi connectivity index (χ1n) is 7.60. The lowest BCUT2D eigenvalue weighted by molar-refractivity contribution is -0.0768. The maximum absolute atomic E-state index is 13.0. The van der Waals surface area contributed by atoms with E-state index >= 15 is 0 Å². The molecule has 1 aromatic carbocycles. The smallest absolute Gasteiger partial charge is 0.244 e. The Morgan fingerprint density at radius 3 is 2.61 bits per heavy atom. The van der Waals surface area contributed by atoms with Crippen LogP contribution in [0.3, 0.4) is 0 Å². The number of benzene rings is 1. The van der Waals surface area contributed by atoms with Gasteiger partial charge < -0.3 is 4.74 Å². The summed E-state index contributed by atoms with van der Waals surface area (Å²) in [5, 5.41) is 2.56. The summed E-state index contributed by atoms with van der Waals surface area (Å²) >= 11 is 5.95. The predicted molar refractivity (Wildman–Crippen MR) is 94.2 cm³/mol. The number of nitrogens with zero attached hydrogens (tertiary/aromatic N) is 2. The molecule has 0 aliphatic carbocycles. The SMILES string of the molecule is O=S(=O)(c1csc2ccccc12)N1CCC2(CC1)OCCN2S. The van der Waals surface area contributed by atoms with Crippen molar-refractivity contribution in [3.8, 4) is 0 Å². The van der Waals surface area contributed by atoms with Gasteiger partial charge in [-0.1, -0.05) is 31.0 Å². The van der Waals surface area contributed by atoms with Gasteiger partial charge in [0.05, 0.1) is 6.61 Å². The van der Waals surface area contributed by atoms with Crippen molar-refractivity contribution in [2.45, 2.75) is 23.5 Å². The van der Waals surface area contributed by atoms with Crippen LogP contribution in [0.2, 0.25) is 0 Å². The minimum Gasteiger partial charge on any atom is -0.358 e. The van der Waals surface area contributed by atoms with Crippen LogP contribution in [0.15, 0.2) is 34.5 Å². The second-order valence-electron chi connectivity index (χ2n) is 5.92. The first kappa shape index (κ1) is 15.9. The van der Waals surface area contributed by atoms with Gasteiger partial charge >= 0.3 is 0 Å². The van der Waals surface area contributed by atoms with Crippen LogP contribution in [0.4, 0.5) is 0 Å². The lowest BCUT2D eigenvalue weighted by Gasteiger charge is -2.40. The Bertz CT molecular complexity index is 825. The Kier molecular flexibility index (Phi) is 3.94. The highest BCUT2D eigenvalue weighted by Gasteiger charge is 2.45. The maximum atomic E-state index is 13.0. The van der Waals surface area contributed by atoms with Gasteiger partial charge in [0.25, 0.3) is 0 Å². The molecular weight excluding hydrogens is 352 g/mol. The molecule has 0 bridgehead atoms. The molecular formula is C15H18N2O3S3. The van der Waals surface area contributed by atoms with Crippen LogP contribution in [-0.4, -0.2) is 49.0 Å². The van der Waals surface area contributed by atoms with Gasteiger partial charge in [0.2, 0.25) is 10.0 Å². The Morgan fingerprint density at radius 1 is 1.17 bits per heavy atom. The maximum Gasteiger partial charge on any atom is 0.244 e. The summed E-state index contributed by atoms with van der Waals surface area (Å²) in [5.74, 6) is 0. The number of thiol groups is 1. The van der Waals surface area contributed by atoms with Crippen LogP contribution in [0.25, 0.3) is 10.1 Å². The minimum atomic E-state index is -3.46. The second-order valence-corrected chi connectivity index (χ2v) is 9.22. The number of thiophene rings is 1. The van der Waals surface area contributed by atoms with Gasteiger partial charge in [-0.05, 0) is 6.07 Å². The van der Waals surface area contributed by atoms with Crippen LogP contribution in [-0.2, 0) is 14.8 Å². The van der Waals surface area contributed by atoms with Crippen molar-refractivity contribution in [3.05, 3.63) is 29.6 Å². The van der Waals surface area contributed by atoms with Crippen molar-refractivity contribution in [1.82, 2.24) is 8.61 Å². The molecule has 0 atom stereocenters. The summed E-state index contributed by atoms with van der Waals surface area (Å²) in [7, 11) is -3.46. The van der Waals surface area contributed by atoms with E-state index in [-0.39, 0.29) is 0 Å². The molecule has 2 aliphatic rings. The molecule has 2 aliphatic heterocycles. The number of fused-ring (bicyclic) bond motifs is 1. The number of sulfonamides is 1. The second kappa shape index (κ2) is 5.72. The molecule has 0 radical (unpaired) electrons. The zero-order valence-electron chi connectivity index (χ0n) is 12.5. The molecule has 23 heavy (non-hydrogen) atoms. The van der Waals surface area contributed by atoms with Gasteiger partial charge in [-0.25, -0.2) is 12.7 Å². The van der Waals surface area contributed by atoms with Crippen molar-refractivity contribution in [2.75, 3.05) is 26.2 Å². The van der Waals surface area contributed by atoms with Crippen molar-refractivity contribution < 1.29 is 13.2 Å². The Morgan fingerprint density at radius 2 is 1.91 bits per heavy atom. The van der Waals surface area contributed by atoms with E-state index in [4.69, 9.17) is 4.74 Å². The van der Waals surface area contributed by atoms with Crippen molar-refractivity contribution >= 4 is 44.3 Å². The van der Waals surface area contributed by atoms with Crippen molar-refractivity contribution in [3.63, 3.8) is 0 Å². The number of piperidine rings is 1. The summed E-state index contributed by atoms with van der Waals surface area (Å²) in [6, 6.07) is 7.64. The summed E-state index contributed by atoms with van der Waals surface area (Å²) in [6.45, 7) is 2.36. The third-order valence-corrected chi connectivity index (χ3v) is 8.33. The quantitative estimate of drug-likeness (QED) is 0.826. The fourth-order valence-electron chi connectivity index (χ4n) is 3.37. The van der Waals surface area contributed by atoms with Gasteiger partial charge in [-0.3, -0.25) is 0 Å². The zero-order chi connectivity index (χ0) is 16.1. The van der Waals surface area contributed by atoms with Crippen LogP contribution in [0, 0.1) is 0 Å². The first-order valence-corrected chi connectivity index (χ1v) is 10.3. The standard InChI is InChI=1S/C15H18N2O3S3/c18-23(19,14-11-22-13-4-2-1-3-12(13)14)16-7-5-15(6-8-16)17(21)9-10-20-15/h1-4,11,21H,5-10H2. The molecule has 0 N–H and O–H groups in total. The van der Waals surface area contributed by atoms with Gasteiger partial charge in [0, 0.05) is 47.9 Å². The average Bonchev–Trinajstić information content (AvgIpc) is 3.13. The summed E-state index contributed by atoms with van der Waals surface area (Å²) in [6.07, 6.45) is 1.30. The zero-order valence-corrected chi connectivity index (χ0v) is 15.0. The van der Waals surface area contributed by atoms with E-state index in [9.17, 15) is 8.42 Å². The first-order chi connectivity index (χ1) is 11.0. The van der Waals surface area contributed by atoms with Crippen LogP contribution < -0.4 is 0 Å². The fraction of sp³-hybridized carbons (Fsp3) is 0.467. The lowest BCUT2D eigenvalue weighted by atomic mass is 10.0. The molecule has 2 aromatic rings. The molecule has 2 fully saturated rings. The largest absolute Gasteiger partial charge is 0.358 e. The highest BCUT2D eigenvalue weighted by molar-refractivity contribution is 7.89. The molecule has 5 nitrogen and oxygen atoms in total. The third kappa shape index (κ3) is 2.52. The molecule has 0 saturated carbocycles. The highest BCUT2D eigenvalue weighted by atomic mass is 32.2. The van der Waals surface area contributed by atoms with Gasteiger partial charge in [0.15, 0.2) is 0 Å². The van der Waals surface area contributed by atoms with E-state index < -0.39 is 15.7 Å². The molecule has 1 spiro atoms. The minimum absolute atomic E-state index is 0.397. The molecule has 8 heteroatoms. The molecule has 124 valence electrons. The van der Waals surface area contributed by atoms with Crippen LogP contribution in [0.5, 0.6) is 0 Å². The lowest BCUT2D eigenvalue weighted by Crippen LogP contribution is -2.51. The van der Waals surface area contributed by atoms with E-state index in [1.807, 2.05) is 28.6 Å². The van der Waals surface area contributed by atoms with Gasteiger partial charge in [0.1, 0.15) is 10.6 Å². The summed E-state index contributed by atoms with van der Waals surface area (Å²) in [4.78, 5) is 0.420. The van der Waals surface area contributed by atoms with Gasteiger partial charge in [-0.15, -0.1) is 11.3 Å². The van der Waals surface area contributed by atoms with Crippen LogP contribution in [0.1, 0.15) is 12.8 Å². The fourth-order valence-corrected chi connectivity index (χ4v) is 6.63. The molecule has 0 unspecified atom stereocenters. The van der Waals surface area contributed by atoms with Crippen molar-refractivity contribution in [2.24, 2.45) is 0 Å². The van der Waals surface area contributed by atoms with E-state index in [1.165, 1.54) is 11.3 Å². The van der Waals surface area contributed by atoms with E-state index in [1.54, 1.807) is 9.69 Å². The van der Waals surface area contributed by atoms with Crippen molar-refractivity contribution in [1.29, 1.82) is 0 Å². The van der Waals surface area contributed by atoms with E-state index in [0.717, 1.165) is 16.6 Å². The van der Waals surface area contributed by atoms with E-state index in [0.29, 0.717) is 37.4 Å². The number of rotatable bonds is 2. The third-order valence-electron chi connectivity index (χ3n) is 4.71. The summed E-state index contributed by atoms with van der Waals surface area (Å²) < 4.78 is 36.4. The van der Waals surface area contributed by atoms with E-state index in [2.05, 4.69) is 12.8 Å². The Balaban J connectivity index is 1.61.